The minimum absolute atomic E-state index is 0.0655. The SMILES string of the molecule is CCCn1c(=NC(=O)C2CC2)sc2c(C)cc(C)cc21. The summed E-state index contributed by atoms with van der Waals surface area (Å²) in [6, 6.07) is 4.40. The van der Waals surface area contributed by atoms with Gasteiger partial charge in [-0.15, -0.1) is 0 Å². The van der Waals surface area contributed by atoms with Crippen molar-refractivity contribution in [3.05, 3.63) is 28.1 Å². The molecule has 1 aliphatic rings. The van der Waals surface area contributed by atoms with Crippen molar-refractivity contribution in [2.24, 2.45) is 10.9 Å². The van der Waals surface area contributed by atoms with Crippen LogP contribution in [0.25, 0.3) is 10.2 Å². The summed E-state index contributed by atoms with van der Waals surface area (Å²) in [4.78, 5) is 17.2. The molecule has 2 aromatic rings. The summed E-state index contributed by atoms with van der Waals surface area (Å²) in [6.45, 7) is 7.33. The molecule has 3 nitrogen and oxygen atoms in total. The number of thiazole rings is 1. The molecule has 106 valence electrons. The average molecular weight is 288 g/mol. The van der Waals surface area contributed by atoms with Gasteiger partial charge < -0.3 is 4.57 Å². The van der Waals surface area contributed by atoms with E-state index in [0.29, 0.717) is 0 Å². The fourth-order valence-electron chi connectivity index (χ4n) is 2.55. The number of aryl methyl sites for hydroxylation is 3. The third-order valence-electron chi connectivity index (χ3n) is 3.69. The molecule has 0 saturated heterocycles. The second-order valence-corrected chi connectivity index (χ2v) is 6.67. The van der Waals surface area contributed by atoms with Crippen LogP contribution >= 0.6 is 11.3 Å². The minimum atomic E-state index is 0.0655. The normalized spacial score (nSPS) is 16.1. The van der Waals surface area contributed by atoms with E-state index in [2.05, 4.69) is 42.5 Å². The highest BCUT2D eigenvalue weighted by atomic mass is 32.1. The number of hydrogen-bond acceptors (Lipinski definition) is 2. The summed E-state index contributed by atoms with van der Waals surface area (Å²) in [6.07, 6.45) is 3.07. The van der Waals surface area contributed by atoms with E-state index in [1.807, 2.05) is 0 Å². The molecule has 1 aromatic carbocycles. The molecule has 1 amide bonds. The number of fused-ring (bicyclic) bond motifs is 1. The van der Waals surface area contributed by atoms with Crippen molar-refractivity contribution >= 4 is 27.5 Å². The molecule has 20 heavy (non-hydrogen) atoms. The van der Waals surface area contributed by atoms with E-state index in [0.717, 1.165) is 30.6 Å². The van der Waals surface area contributed by atoms with Gasteiger partial charge >= 0.3 is 0 Å². The molecule has 0 bridgehead atoms. The maximum absolute atomic E-state index is 12.0. The molecule has 1 fully saturated rings. The molecule has 1 aliphatic carbocycles. The van der Waals surface area contributed by atoms with Crippen molar-refractivity contribution in [1.29, 1.82) is 0 Å². The number of carbonyl (C=O) groups excluding carboxylic acids is 1. The summed E-state index contributed by atoms with van der Waals surface area (Å²) in [7, 11) is 0. The molecule has 1 heterocycles. The molecule has 1 saturated carbocycles. The Labute approximate surface area is 123 Å². The van der Waals surface area contributed by atoms with E-state index in [-0.39, 0.29) is 11.8 Å². The molecule has 0 N–H and O–H groups in total. The predicted octanol–water partition coefficient (Wildman–Crippen LogP) is 3.57. The summed E-state index contributed by atoms with van der Waals surface area (Å²) in [5, 5.41) is 0. The number of amides is 1. The summed E-state index contributed by atoms with van der Waals surface area (Å²) < 4.78 is 3.46. The van der Waals surface area contributed by atoms with Gasteiger partial charge in [0, 0.05) is 12.5 Å². The Morgan fingerprint density at radius 3 is 2.80 bits per heavy atom. The van der Waals surface area contributed by atoms with Crippen molar-refractivity contribution < 1.29 is 4.79 Å². The highest BCUT2D eigenvalue weighted by Gasteiger charge is 2.29. The topological polar surface area (TPSA) is 34.4 Å². The van der Waals surface area contributed by atoms with Crippen LogP contribution in [-0.2, 0) is 11.3 Å². The average Bonchev–Trinajstić information content (AvgIpc) is 3.18. The van der Waals surface area contributed by atoms with Crippen molar-refractivity contribution in [2.75, 3.05) is 0 Å². The van der Waals surface area contributed by atoms with Gasteiger partial charge in [-0.25, -0.2) is 0 Å². The van der Waals surface area contributed by atoms with Gasteiger partial charge in [0.1, 0.15) is 0 Å². The lowest BCUT2D eigenvalue weighted by Gasteiger charge is -2.04. The minimum Gasteiger partial charge on any atom is -0.316 e. The molecule has 4 heteroatoms. The number of nitrogens with zero attached hydrogens (tertiary/aromatic N) is 2. The lowest BCUT2D eigenvalue weighted by molar-refractivity contribution is -0.119. The first kappa shape index (κ1) is 13.6. The Balaban J connectivity index is 2.22. The van der Waals surface area contributed by atoms with Crippen LogP contribution in [0.15, 0.2) is 17.1 Å². The fraction of sp³-hybridized carbons (Fsp3) is 0.500. The lowest BCUT2D eigenvalue weighted by Crippen LogP contribution is -2.17. The molecular formula is C16H20N2OS. The number of aromatic nitrogens is 1. The number of benzene rings is 1. The third kappa shape index (κ3) is 2.44. The monoisotopic (exact) mass is 288 g/mol. The number of rotatable bonds is 3. The van der Waals surface area contributed by atoms with Crippen LogP contribution in [0.4, 0.5) is 0 Å². The zero-order chi connectivity index (χ0) is 14.3. The summed E-state index contributed by atoms with van der Waals surface area (Å²) >= 11 is 1.65. The smallest absolute Gasteiger partial charge is 0.251 e. The standard InChI is InChI=1S/C16H20N2OS/c1-4-7-18-13-9-10(2)8-11(3)14(13)20-16(18)17-15(19)12-5-6-12/h8-9,12H,4-7H2,1-3H3. The van der Waals surface area contributed by atoms with E-state index < -0.39 is 0 Å². The van der Waals surface area contributed by atoms with Crippen molar-refractivity contribution in [2.45, 2.75) is 46.6 Å². The molecule has 0 spiro atoms. The first-order valence-corrected chi connectivity index (χ1v) is 8.11. The predicted molar refractivity (Wildman–Crippen MR) is 82.9 cm³/mol. The fourth-order valence-corrected chi connectivity index (χ4v) is 3.66. The van der Waals surface area contributed by atoms with E-state index >= 15 is 0 Å². The van der Waals surface area contributed by atoms with Crippen LogP contribution in [0.2, 0.25) is 0 Å². The second-order valence-electron chi connectivity index (χ2n) is 5.69. The zero-order valence-electron chi connectivity index (χ0n) is 12.3. The van der Waals surface area contributed by atoms with Crippen LogP contribution < -0.4 is 4.80 Å². The van der Waals surface area contributed by atoms with Crippen LogP contribution in [-0.4, -0.2) is 10.5 Å². The van der Waals surface area contributed by atoms with E-state index in [9.17, 15) is 4.79 Å². The lowest BCUT2D eigenvalue weighted by atomic mass is 10.1. The Hall–Kier alpha value is -1.42. The summed E-state index contributed by atoms with van der Waals surface area (Å²) in [5.74, 6) is 0.258. The van der Waals surface area contributed by atoms with Gasteiger partial charge in [-0.1, -0.05) is 24.3 Å². The highest BCUT2D eigenvalue weighted by molar-refractivity contribution is 7.16. The Bertz CT molecular complexity index is 735. The van der Waals surface area contributed by atoms with Gasteiger partial charge in [0.15, 0.2) is 4.80 Å². The number of carbonyl (C=O) groups is 1. The van der Waals surface area contributed by atoms with E-state index in [1.54, 1.807) is 11.3 Å². The third-order valence-corrected chi connectivity index (χ3v) is 4.92. The van der Waals surface area contributed by atoms with Gasteiger partial charge in [0.2, 0.25) is 0 Å². The maximum Gasteiger partial charge on any atom is 0.251 e. The van der Waals surface area contributed by atoms with E-state index in [1.165, 1.54) is 21.3 Å². The maximum atomic E-state index is 12.0. The van der Waals surface area contributed by atoms with Crippen molar-refractivity contribution in [3.8, 4) is 0 Å². The zero-order valence-corrected chi connectivity index (χ0v) is 13.1. The number of hydrogen-bond donors (Lipinski definition) is 0. The van der Waals surface area contributed by atoms with Crippen LogP contribution in [0.5, 0.6) is 0 Å². The van der Waals surface area contributed by atoms with Gasteiger partial charge in [-0.3, -0.25) is 4.79 Å². The van der Waals surface area contributed by atoms with Gasteiger partial charge in [-0.05, 0) is 50.3 Å². The Morgan fingerprint density at radius 1 is 1.40 bits per heavy atom. The van der Waals surface area contributed by atoms with Gasteiger partial charge in [-0.2, -0.15) is 4.99 Å². The van der Waals surface area contributed by atoms with E-state index in [4.69, 9.17) is 0 Å². The molecule has 1 aromatic heterocycles. The summed E-state index contributed by atoms with van der Waals surface area (Å²) in [5.41, 5.74) is 3.75. The largest absolute Gasteiger partial charge is 0.316 e. The van der Waals surface area contributed by atoms with Crippen molar-refractivity contribution in [3.63, 3.8) is 0 Å². The van der Waals surface area contributed by atoms with Crippen LogP contribution in [0.1, 0.15) is 37.3 Å². The molecule has 0 unspecified atom stereocenters. The Morgan fingerprint density at radius 2 is 2.15 bits per heavy atom. The molecule has 0 radical (unpaired) electrons. The van der Waals surface area contributed by atoms with Crippen molar-refractivity contribution in [1.82, 2.24) is 4.57 Å². The van der Waals surface area contributed by atoms with Gasteiger partial charge in [0.05, 0.1) is 10.2 Å². The quantitative estimate of drug-likeness (QED) is 0.850. The molecule has 0 atom stereocenters. The first-order chi connectivity index (χ1) is 9.60. The second kappa shape index (κ2) is 5.17. The van der Waals surface area contributed by atoms with Gasteiger partial charge in [0.25, 0.3) is 5.91 Å². The molecule has 3 rings (SSSR count). The Kier molecular flexibility index (Phi) is 3.50. The molecular weight excluding hydrogens is 268 g/mol. The van der Waals surface area contributed by atoms with Crippen LogP contribution in [0, 0.1) is 19.8 Å². The van der Waals surface area contributed by atoms with Crippen LogP contribution in [0.3, 0.4) is 0 Å². The highest BCUT2D eigenvalue weighted by Crippen LogP contribution is 2.30. The first-order valence-electron chi connectivity index (χ1n) is 7.29. The molecule has 0 aliphatic heterocycles.